The van der Waals surface area contributed by atoms with Crippen molar-refractivity contribution in [2.24, 2.45) is 5.92 Å². The molecule has 4 aromatic rings. The number of benzene rings is 2. The summed E-state index contributed by atoms with van der Waals surface area (Å²) in [6.07, 6.45) is 1.18. The zero-order valence-corrected chi connectivity index (χ0v) is 22.0. The fourth-order valence-corrected chi connectivity index (χ4v) is 5.10. The van der Waals surface area contributed by atoms with Crippen LogP contribution in [0.1, 0.15) is 49.7 Å². The van der Waals surface area contributed by atoms with Crippen LogP contribution < -0.4 is 10.3 Å². The van der Waals surface area contributed by atoms with Crippen molar-refractivity contribution in [3.63, 3.8) is 0 Å². The number of aromatic nitrogens is 5. The molecular formula is C28H31FN6O4. The molecule has 39 heavy (non-hydrogen) atoms. The van der Waals surface area contributed by atoms with E-state index in [4.69, 9.17) is 9.47 Å². The summed E-state index contributed by atoms with van der Waals surface area (Å²) in [7, 11) is 0. The van der Waals surface area contributed by atoms with Crippen LogP contribution in [0.3, 0.4) is 0 Å². The summed E-state index contributed by atoms with van der Waals surface area (Å²) in [5.74, 6) is 0.477. The van der Waals surface area contributed by atoms with Crippen molar-refractivity contribution in [3.8, 4) is 5.75 Å². The summed E-state index contributed by atoms with van der Waals surface area (Å²) >= 11 is 0. The summed E-state index contributed by atoms with van der Waals surface area (Å²) in [6.45, 7) is 5.99. The molecule has 1 aliphatic heterocycles. The standard InChI is InChI=1S/C28H31FN6O4/c1-3-38-22-9-10-24-20(15-22)16-23(27(36)30-24)25(34-13-11-19(12-14-34)28(37)39-4-2)26-31-32-33-35(26)17-18-5-7-21(29)8-6-18/h5-10,15-16,19,25H,3-4,11-14,17H2,1-2H3,(H,30,36)/t25-/m1/s1. The predicted octanol–water partition coefficient (Wildman–Crippen LogP) is 3.47. The van der Waals surface area contributed by atoms with Crippen LogP contribution in [0.2, 0.25) is 0 Å². The minimum atomic E-state index is -0.576. The number of H-pyrrole nitrogens is 1. The maximum atomic E-state index is 13.5. The molecule has 3 heterocycles. The van der Waals surface area contributed by atoms with E-state index in [1.54, 1.807) is 23.7 Å². The number of carbonyl (C=O) groups excluding carboxylic acids is 1. The highest BCUT2D eigenvalue weighted by molar-refractivity contribution is 5.80. The molecule has 1 saturated heterocycles. The van der Waals surface area contributed by atoms with E-state index >= 15 is 0 Å². The average molecular weight is 535 g/mol. The van der Waals surface area contributed by atoms with Gasteiger partial charge in [0, 0.05) is 29.6 Å². The van der Waals surface area contributed by atoms with E-state index in [1.807, 2.05) is 31.2 Å². The molecule has 5 rings (SSSR count). The van der Waals surface area contributed by atoms with Crippen LogP contribution in [0.25, 0.3) is 10.9 Å². The van der Waals surface area contributed by atoms with Gasteiger partial charge in [0.05, 0.1) is 25.7 Å². The molecule has 0 unspecified atom stereocenters. The molecule has 2 aromatic heterocycles. The SMILES string of the molecule is CCOC(=O)C1CCN([C@H](c2cc3cc(OCC)ccc3[nH]c2=O)c2nnnn2Cc2ccc(F)cc2)CC1. The summed E-state index contributed by atoms with van der Waals surface area (Å²) < 4.78 is 26.0. The van der Waals surface area contributed by atoms with Gasteiger partial charge in [-0.2, -0.15) is 0 Å². The summed E-state index contributed by atoms with van der Waals surface area (Å²) in [4.78, 5) is 31.0. The number of tetrazole rings is 1. The van der Waals surface area contributed by atoms with E-state index in [0.717, 1.165) is 10.9 Å². The lowest BCUT2D eigenvalue weighted by molar-refractivity contribution is -0.149. The number of pyridine rings is 1. The van der Waals surface area contributed by atoms with Gasteiger partial charge in [-0.15, -0.1) is 5.10 Å². The van der Waals surface area contributed by atoms with E-state index in [-0.39, 0.29) is 23.3 Å². The van der Waals surface area contributed by atoms with Crippen molar-refractivity contribution in [2.45, 2.75) is 39.3 Å². The van der Waals surface area contributed by atoms with Crippen LogP contribution >= 0.6 is 0 Å². The molecule has 0 saturated carbocycles. The van der Waals surface area contributed by atoms with E-state index in [2.05, 4.69) is 25.4 Å². The first-order chi connectivity index (χ1) is 19.0. The molecule has 0 bridgehead atoms. The summed E-state index contributed by atoms with van der Waals surface area (Å²) in [5, 5.41) is 13.3. The van der Waals surface area contributed by atoms with Gasteiger partial charge in [-0.1, -0.05) is 12.1 Å². The topological polar surface area (TPSA) is 115 Å². The zero-order valence-electron chi connectivity index (χ0n) is 22.0. The molecule has 0 radical (unpaired) electrons. The van der Waals surface area contributed by atoms with Gasteiger partial charge < -0.3 is 14.5 Å². The maximum Gasteiger partial charge on any atom is 0.309 e. The summed E-state index contributed by atoms with van der Waals surface area (Å²) in [5.41, 5.74) is 1.75. The molecule has 1 atom stereocenters. The number of hydrogen-bond donors (Lipinski definition) is 1. The number of hydrogen-bond acceptors (Lipinski definition) is 8. The minimum absolute atomic E-state index is 0.193. The number of fused-ring (bicyclic) bond motifs is 1. The Kier molecular flexibility index (Phi) is 7.97. The average Bonchev–Trinajstić information content (AvgIpc) is 3.39. The van der Waals surface area contributed by atoms with Gasteiger partial charge in [-0.05, 0) is 79.1 Å². The van der Waals surface area contributed by atoms with Crippen molar-refractivity contribution in [3.05, 3.63) is 81.7 Å². The fourth-order valence-electron chi connectivity index (χ4n) is 5.10. The number of halogens is 1. The molecule has 0 amide bonds. The molecule has 204 valence electrons. The second-order valence-electron chi connectivity index (χ2n) is 9.52. The van der Waals surface area contributed by atoms with E-state index in [9.17, 15) is 14.0 Å². The van der Waals surface area contributed by atoms with Crippen LogP contribution in [0.15, 0.2) is 53.3 Å². The molecule has 2 aromatic carbocycles. The Morgan fingerprint density at radius 2 is 1.87 bits per heavy atom. The first kappa shape index (κ1) is 26.5. The smallest absolute Gasteiger partial charge is 0.309 e. The highest BCUT2D eigenvalue weighted by atomic mass is 19.1. The van der Waals surface area contributed by atoms with Gasteiger partial charge in [-0.25, -0.2) is 9.07 Å². The first-order valence-electron chi connectivity index (χ1n) is 13.2. The summed E-state index contributed by atoms with van der Waals surface area (Å²) in [6, 6.07) is 13.0. The number of ether oxygens (including phenoxy) is 2. The maximum absolute atomic E-state index is 13.5. The van der Waals surface area contributed by atoms with Gasteiger partial charge in [-0.3, -0.25) is 14.5 Å². The third-order valence-electron chi connectivity index (χ3n) is 7.01. The number of aromatic amines is 1. The highest BCUT2D eigenvalue weighted by Crippen LogP contribution is 2.32. The second kappa shape index (κ2) is 11.7. The lowest BCUT2D eigenvalue weighted by Crippen LogP contribution is -2.42. The fraction of sp³-hybridized carbons (Fsp3) is 0.393. The number of nitrogens with one attached hydrogen (secondary N) is 1. The van der Waals surface area contributed by atoms with Gasteiger partial charge in [0.15, 0.2) is 5.82 Å². The third-order valence-corrected chi connectivity index (χ3v) is 7.01. The van der Waals surface area contributed by atoms with Crippen molar-refractivity contribution >= 4 is 16.9 Å². The Bertz CT molecular complexity index is 1490. The van der Waals surface area contributed by atoms with Crippen molar-refractivity contribution in [1.29, 1.82) is 0 Å². The first-order valence-corrected chi connectivity index (χ1v) is 13.2. The third kappa shape index (κ3) is 5.83. The number of esters is 1. The number of piperidine rings is 1. The Morgan fingerprint density at radius 1 is 1.10 bits per heavy atom. The Hall–Kier alpha value is -4.12. The second-order valence-corrected chi connectivity index (χ2v) is 9.52. The van der Waals surface area contributed by atoms with Crippen molar-refractivity contribution < 1.29 is 18.7 Å². The van der Waals surface area contributed by atoms with E-state index < -0.39 is 6.04 Å². The van der Waals surface area contributed by atoms with Crippen LogP contribution in [-0.2, 0) is 16.1 Å². The molecule has 1 N–H and O–H groups in total. The largest absolute Gasteiger partial charge is 0.494 e. The number of nitrogens with zero attached hydrogens (tertiary/aromatic N) is 5. The van der Waals surface area contributed by atoms with Gasteiger partial charge in [0.1, 0.15) is 17.6 Å². The van der Waals surface area contributed by atoms with Gasteiger partial charge in [0.2, 0.25) is 0 Å². The van der Waals surface area contributed by atoms with Crippen LogP contribution in [0.4, 0.5) is 4.39 Å². The van der Waals surface area contributed by atoms with Gasteiger partial charge >= 0.3 is 5.97 Å². The molecule has 1 aliphatic rings. The number of rotatable bonds is 9. The predicted molar refractivity (Wildman–Crippen MR) is 142 cm³/mol. The van der Waals surface area contributed by atoms with Crippen molar-refractivity contribution in [2.75, 3.05) is 26.3 Å². The normalized spacial score (nSPS) is 15.4. The quantitative estimate of drug-likeness (QED) is 0.325. The van der Waals surface area contributed by atoms with E-state index in [1.165, 1.54) is 12.1 Å². The molecule has 0 spiro atoms. The Balaban J connectivity index is 1.54. The minimum Gasteiger partial charge on any atom is -0.494 e. The van der Waals surface area contributed by atoms with E-state index in [0.29, 0.717) is 68.3 Å². The molecule has 10 nitrogen and oxygen atoms in total. The lowest BCUT2D eigenvalue weighted by Gasteiger charge is -2.36. The van der Waals surface area contributed by atoms with Crippen LogP contribution in [0.5, 0.6) is 5.75 Å². The van der Waals surface area contributed by atoms with Crippen LogP contribution in [-0.4, -0.2) is 62.4 Å². The molecule has 11 heteroatoms. The Labute approximate surface area is 224 Å². The van der Waals surface area contributed by atoms with Crippen LogP contribution in [0, 0.1) is 11.7 Å². The van der Waals surface area contributed by atoms with Crippen molar-refractivity contribution in [1.82, 2.24) is 30.1 Å². The molecule has 1 fully saturated rings. The lowest BCUT2D eigenvalue weighted by atomic mass is 9.94. The molecule has 0 aliphatic carbocycles. The Morgan fingerprint density at radius 3 is 2.59 bits per heavy atom. The van der Waals surface area contributed by atoms with Gasteiger partial charge in [0.25, 0.3) is 5.56 Å². The molecular weight excluding hydrogens is 503 g/mol. The monoisotopic (exact) mass is 534 g/mol. The zero-order chi connectivity index (χ0) is 27.4. The number of carbonyl (C=O) groups is 1. The number of likely N-dealkylation sites (tertiary alicyclic amines) is 1. The highest BCUT2D eigenvalue weighted by Gasteiger charge is 2.35.